The number of hydrogen-bond acceptors (Lipinski definition) is 6. The summed E-state index contributed by atoms with van der Waals surface area (Å²) in [4.78, 5) is 49.9. The number of anilines is 1. The molecule has 0 atom stereocenters. The fourth-order valence-corrected chi connectivity index (χ4v) is 3.55. The number of ether oxygens (including phenoxy) is 2. The van der Waals surface area contributed by atoms with Gasteiger partial charge in [0.2, 0.25) is 0 Å². The van der Waals surface area contributed by atoms with E-state index in [1.165, 1.54) is 18.1 Å². The lowest BCUT2D eigenvalue weighted by Crippen LogP contribution is -2.29. The SMILES string of the molecule is COc1ccc(NC(=O)c2ccc(CN3C(=O)c4ccccc4C3=O)cc2)cc1OCC(N)=O. The van der Waals surface area contributed by atoms with Crippen molar-refractivity contribution in [3.63, 3.8) is 0 Å². The quantitative estimate of drug-likeness (QED) is 0.499. The summed E-state index contributed by atoms with van der Waals surface area (Å²) in [5.74, 6) is -1.05. The minimum atomic E-state index is -0.641. The summed E-state index contributed by atoms with van der Waals surface area (Å²) in [6, 6.07) is 18.0. The molecule has 0 fully saturated rings. The largest absolute Gasteiger partial charge is 0.493 e. The molecule has 4 amide bonds. The number of carbonyl (C=O) groups is 4. The van der Waals surface area contributed by atoms with Crippen molar-refractivity contribution in [2.45, 2.75) is 6.54 Å². The summed E-state index contributed by atoms with van der Waals surface area (Å²) in [6.45, 7) is -0.227. The van der Waals surface area contributed by atoms with Crippen LogP contribution in [0.2, 0.25) is 0 Å². The average Bonchev–Trinajstić information content (AvgIpc) is 3.08. The van der Waals surface area contributed by atoms with Crippen molar-refractivity contribution >= 4 is 29.3 Å². The number of carbonyl (C=O) groups excluding carboxylic acids is 4. The first-order chi connectivity index (χ1) is 16.4. The molecule has 4 rings (SSSR count). The minimum absolute atomic E-state index is 0.104. The van der Waals surface area contributed by atoms with E-state index < -0.39 is 5.91 Å². The highest BCUT2D eigenvalue weighted by molar-refractivity contribution is 6.21. The molecule has 172 valence electrons. The molecule has 0 saturated carbocycles. The number of rotatable bonds is 8. The van der Waals surface area contributed by atoms with Gasteiger partial charge in [-0.05, 0) is 42.0 Å². The van der Waals surface area contributed by atoms with Gasteiger partial charge >= 0.3 is 0 Å². The first kappa shape index (κ1) is 22.5. The summed E-state index contributed by atoms with van der Waals surface area (Å²) < 4.78 is 10.5. The third-order valence-corrected chi connectivity index (χ3v) is 5.23. The van der Waals surface area contributed by atoms with Gasteiger partial charge in [-0.3, -0.25) is 24.1 Å². The molecule has 3 N–H and O–H groups in total. The van der Waals surface area contributed by atoms with Crippen LogP contribution in [0.4, 0.5) is 5.69 Å². The molecule has 1 aliphatic rings. The Morgan fingerprint density at radius 1 is 0.912 bits per heavy atom. The highest BCUT2D eigenvalue weighted by atomic mass is 16.5. The Morgan fingerprint density at radius 3 is 2.15 bits per heavy atom. The van der Waals surface area contributed by atoms with E-state index in [1.807, 2.05) is 0 Å². The molecule has 3 aromatic rings. The molecule has 0 saturated heterocycles. The van der Waals surface area contributed by atoms with Crippen molar-refractivity contribution in [3.8, 4) is 11.5 Å². The third-order valence-electron chi connectivity index (χ3n) is 5.23. The van der Waals surface area contributed by atoms with Crippen LogP contribution in [0.5, 0.6) is 11.5 Å². The Bertz CT molecular complexity index is 1250. The first-order valence-corrected chi connectivity index (χ1v) is 10.3. The molecule has 9 heteroatoms. The Morgan fingerprint density at radius 2 is 1.56 bits per heavy atom. The van der Waals surface area contributed by atoms with Gasteiger partial charge in [0, 0.05) is 17.3 Å². The number of hydrogen-bond donors (Lipinski definition) is 2. The summed E-state index contributed by atoms with van der Waals surface area (Å²) >= 11 is 0. The van der Waals surface area contributed by atoms with Crippen molar-refractivity contribution in [2.24, 2.45) is 5.73 Å². The topological polar surface area (TPSA) is 128 Å². The van der Waals surface area contributed by atoms with Crippen LogP contribution >= 0.6 is 0 Å². The number of methoxy groups -OCH3 is 1. The Labute approximate surface area is 195 Å². The lowest BCUT2D eigenvalue weighted by atomic mass is 10.1. The average molecular weight is 459 g/mol. The molecular weight excluding hydrogens is 438 g/mol. The third kappa shape index (κ3) is 4.58. The number of nitrogens with one attached hydrogen (secondary N) is 1. The minimum Gasteiger partial charge on any atom is -0.493 e. The highest BCUT2D eigenvalue weighted by Gasteiger charge is 2.34. The molecule has 34 heavy (non-hydrogen) atoms. The van der Waals surface area contributed by atoms with Gasteiger partial charge < -0.3 is 20.5 Å². The number of amides is 4. The maximum Gasteiger partial charge on any atom is 0.261 e. The lowest BCUT2D eigenvalue weighted by Gasteiger charge is -2.14. The summed E-state index contributed by atoms with van der Waals surface area (Å²) in [6.07, 6.45) is 0. The second-order valence-electron chi connectivity index (χ2n) is 7.51. The lowest BCUT2D eigenvalue weighted by molar-refractivity contribution is -0.119. The fraction of sp³-hybridized carbons (Fsp3) is 0.120. The molecular formula is C25H21N3O6. The molecule has 3 aromatic carbocycles. The number of benzene rings is 3. The van der Waals surface area contributed by atoms with Crippen LogP contribution in [-0.2, 0) is 11.3 Å². The van der Waals surface area contributed by atoms with E-state index in [0.29, 0.717) is 33.7 Å². The molecule has 1 heterocycles. The molecule has 0 bridgehead atoms. The van der Waals surface area contributed by atoms with Gasteiger partial charge in [0.05, 0.1) is 24.8 Å². The maximum atomic E-state index is 12.7. The van der Waals surface area contributed by atoms with Crippen LogP contribution in [0.3, 0.4) is 0 Å². The molecule has 0 aliphatic carbocycles. The van der Waals surface area contributed by atoms with Crippen LogP contribution in [0.25, 0.3) is 0 Å². The van der Waals surface area contributed by atoms with Crippen molar-refractivity contribution < 1.29 is 28.7 Å². The molecule has 0 radical (unpaired) electrons. The summed E-state index contributed by atoms with van der Waals surface area (Å²) in [7, 11) is 1.45. The molecule has 0 aromatic heterocycles. The molecule has 9 nitrogen and oxygen atoms in total. The first-order valence-electron chi connectivity index (χ1n) is 10.3. The van der Waals surface area contributed by atoms with Gasteiger partial charge in [-0.25, -0.2) is 0 Å². The van der Waals surface area contributed by atoms with E-state index in [9.17, 15) is 19.2 Å². The standard InChI is InChI=1S/C25H21N3O6/c1-33-20-11-10-17(12-21(20)34-14-22(26)29)27-23(30)16-8-6-15(7-9-16)13-28-24(31)18-4-2-3-5-19(18)25(28)32/h2-12H,13-14H2,1H3,(H2,26,29)(H,27,30). The van der Waals surface area contributed by atoms with E-state index in [0.717, 1.165) is 0 Å². The fourth-order valence-electron chi connectivity index (χ4n) is 3.55. The van der Waals surface area contributed by atoms with Crippen molar-refractivity contribution in [3.05, 3.63) is 89.0 Å². The second kappa shape index (κ2) is 9.45. The van der Waals surface area contributed by atoms with Crippen molar-refractivity contribution in [2.75, 3.05) is 19.0 Å². The number of nitrogens with zero attached hydrogens (tertiary/aromatic N) is 1. The van der Waals surface area contributed by atoms with E-state index in [4.69, 9.17) is 15.2 Å². The Kier molecular flexibility index (Phi) is 6.26. The van der Waals surface area contributed by atoms with E-state index in [2.05, 4.69) is 5.32 Å². The van der Waals surface area contributed by atoms with Crippen molar-refractivity contribution in [1.29, 1.82) is 0 Å². The highest BCUT2D eigenvalue weighted by Crippen LogP contribution is 2.30. The van der Waals surface area contributed by atoms with E-state index >= 15 is 0 Å². The molecule has 0 unspecified atom stereocenters. The van der Waals surface area contributed by atoms with E-state index in [-0.39, 0.29) is 36.6 Å². The van der Waals surface area contributed by atoms with Gasteiger partial charge in [0.25, 0.3) is 23.6 Å². The van der Waals surface area contributed by atoms with Crippen molar-refractivity contribution in [1.82, 2.24) is 4.90 Å². The van der Waals surface area contributed by atoms with Crippen LogP contribution < -0.4 is 20.5 Å². The smallest absolute Gasteiger partial charge is 0.261 e. The molecule has 1 aliphatic heterocycles. The predicted octanol–water partition coefficient (Wildman–Crippen LogP) is 2.61. The normalized spacial score (nSPS) is 12.3. The van der Waals surface area contributed by atoms with Gasteiger partial charge in [-0.15, -0.1) is 0 Å². The summed E-state index contributed by atoms with van der Waals surface area (Å²) in [5, 5.41) is 2.75. The van der Waals surface area contributed by atoms with Crippen LogP contribution in [0.15, 0.2) is 66.7 Å². The predicted molar refractivity (Wildman–Crippen MR) is 123 cm³/mol. The van der Waals surface area contributed by atoms with E-state index in [1.54, 1.807) is 60.7 Å². The van der Waals surface area contributed by atoms with Gasteiger partial charge in [0.15, 0.2) is 18.1 Å². The van der Waals surface area contributed by atoms with Crippen LogP contribution in [0, 0.1) is 0 Å². The van der Waals surface area contributed by atoms with Gasteiger partial charge in [0.1, 0.15) is 0 Å². The zero-order valence-electron chi connectivity index (χ0n) is 18.2. The van der Waals surface area contributed by atoms with Gasteiger partial charge in [-0.1, -0.05) is 24.3 Å². The number of fused-ring (bicyclic) bond motifs is 1. The zero-order valence-corrected chi connectivity index (χ0v) is 18.2. The number of nitrogens with two attached hydrogens (primary N) is 1. The monoisotopic (exact) mass is 459 g/mol. The zero-order chi connectivity index (χ0) is 24.2. The molecule has 0 spiro atoms. The van der Waals surface area contributed by atoms with Crippen LogP contribution in [-0.4, -0.2) is 42.2 Å². The second-order valence-corrected chi connectivity index (χ2v) is 7.51. The Hall–Kier alpha value is -4.66. The summed E-state index contributed by atoms with van der Waals surface area (Å²) in [5.41, 5.74) is 7.41. The Balaban J connectivity index is 1.43. The number of primary amides is 1. The maximum absolute atomic E-state index is 12.7. The number of imide groups is 1. The van der Waals surface area contributed by atoms with Crippen LogP contribution in [0.1, 0.15) is 36.6 Å². The van der Waals surface area contributed by atoms with Gasteiger partial charge in [-0.2, -0.15) is 0 Å².